The molecule has 1 unspecified atom stereocenters. The maximum atomic E-state index is 12.2. The van der Waals surface area contributed by atoms with Crippen molar-refractivity contribution in [3.8, 4) is 5.75 Å². The summed E-state index contributed by atoms with van der Waals surface area (Å²) in [5, 5.41) is 2.89. The number of ether oxygens (including phenoxy) is 1. The van der Waals surface area contributed by atoms with Crippen molar-refractivity contribution in [1.82, 2.24) is 5.32 Å². The van der Waals surface area contributed by atoms with Crippen LogP contribution in [0.2, 0.25) is 0 Å². The van der Waals surface area contributed by atoms with Crippen LogP contribution in [0.15, 0.2) is 42.5 Å². The van der Waals surface area contributed by atoms with Crippen molar-refractivity contribution in [3.05, 3.63) is 59.2 Å². The van der Waals surface area contributed by atoms with E-state index in [1.165, 1.54) is 5.56 Å². The van der Waals surface area contributed by atoms with Gasteiger partial charge in [-0.1, -0.05) is 45.0 Å². The highest BCUT2D eigenvalue weighted by molar-refractivity contribution is 7.92. The van der Waals surface area contributed by atoms with Gasteiger partial charge in [-0.3, -0.25) is 9.52 Å². The summed E-state index contributed by atoms with van der Waals surface area (Å²) in [6, 6.07) is 12.8. The molecular weight excluding hydrogens is 388 g/mol. The molecule has 0 fully saturated rings. The van der Waals surface area contributed by atoms with E-state index in [0.717, 1.165) is 17.4 Å². The van der Waals surface area contributed by atoms with E-state index in [4.69, 9.17) is 4.74 Å². The molecule has 0 aliphatic carbocycles. The minimum absolute atomic E-state index is 0.0653. The summed E-state index contributed by atoms with van der Waals surface area (Å²) < 4.78 is 30.8. The van der Waals surface area contributed by atoms with Gasteiger partial charge in [0.1, 0.15) is 5.75 Å². The molecule has 0 aliphatic rings. The van der Waals surface area contributed by atoms with Crippen molar-refractivity contribution in [2.24, 2.45) is 0 Å². The Hall–Kier alpha value is -2.54. The molecule has 0 saturated heterocycles. The van der Waals surface area contributed by atoms with E-state index in [1.807, 2.05) is 44.2 Å². The van der Waals surface area contributed by atoms with Crippen LogP contribution in [-0.4, -0.2) is 27.2 Å². The summed E-state index contributed by atoms with van der Waals surface area (Å²) in [6.07, 6.45) is 1.11. The SMILES string of the molecule is Cc1cc(C(C)NC(=O)COc2ccc(C(C)(C)C)cc2)ccc1NS(C)(=O)=O. The molecule has 158 valence electrons. The molecule has 7 heteroatoms. The number of hydrogen-bond acceptors (Lipinski definition) is 4. The topological polar surface area (TPSA) is 84.5 Å². The van der Waals surface area contributed by atoms with Crippen molar-refractivity contribution in [2.45, 2.75) is 46.1 Å². The van der Waals surface area contributed by atoms with E-state index in [1.54, 1.807) is 12.1 Å². The number of carbonyl (C=O) groups is 1. The zero-order chi connectivity index (χ0) is 21.8. The van der Waals surface area contributed by atoms with Gasteiger partial charge in [0.05, 0.1) is 18.0 Å². The molecule has 6 nitrogen and oxygen atoms in total. The van der Waals surface area contributed by atoms with Gasteiger partial charge in [-0.2, -0.15) is 0 Å². The van der Waals surface area contributed by atoms with Crippen molar-refractivity contribution in [2.75, 3.05) is 17.6 Å². The molecule has 2 aromatic rings. The third-order valence-corrected chi connectivity index (χ3v) is 5.10. The second kappa shape index (κ2) is 8.86. The summed E-state index contributed by atoms with van der Waals surface area (Å²) in [5.41, 5.74) is 3.45. The lowest BCUT2D eigenvalue weighted by atomic mass is 9.87. The van der Waals surface area contributed by atoms with Crippen LogP contribution in [0.4, 0.5) is 5.69 Å². The molecule has 2 rings (SSSR count). The third kappa shape index (κ3) is 7.09. The normalized spacial score (nSPS) is 12.9. The van der Waals surface area contributed by atoms with Gasteiger partial charge in [0.2, 0.25) is 10.0 Å². The number of nitrogens with one attached hydrogen (secondary N) is 2. The average Bonchev–Trinajstić information content (AvgIpc) is 2.60. The fourth-order valence-corrected chi connectivity index (χ4v) is 3.47. The molecule has 29 heavy (non-hydrogen) atoms. The predicted octanol–water partition coefficient (Wildman–Crippen LogP) is 3.92. The molecule has 0 aliphatic heterocycles. The zero-order valence-corrected chi connectivity index (χ0v) is 18.7. The lowest BCUT2D eigenvalue weighted by Crippen LogP contribution is -2.31. The van der Waals surface area contributed by atoms with E-state index >= 15 is 0 Å². The summed E-state index contributed by atoms with van der Waals surface area (Å²) in [4.78, 5) is 12.2. The van der Waals surface area contributed by atoms with Gasteiger partial charge in [-0.05, 0) is 54.2 Å². The maximum absolute atomic E-state index is 12.2. The molecule has 2 N–H and O–H groups in total. The minimum Gasteiger partial charge on any atom is -0.484 e. The van der Waals surface area contributed by atoms with E-state index in [9.17, 15) is 13.2 Å². The van der Waals surface area contributed by atoms with E-state index in [2.05, 4.69) is 30.8 Å². The Labute approximate surface area is 173 Å². The van der Waals surface area contributed by atoms with Crippen molar-refractivity contribution in [1.29, 1.82) is 0 Å². The summed E-state index contributed by atoms with van der Waals surface area (Å²) in [5.74, 6) is 0.418. The summed E-state index contributed by atoms with van der Waals surface area (Å²) >= 11 is 0. The van der Waals surface area contributed by atoms with Crippen LogP contribution >= 0.6 is 0 Å². The monoisotopic (exact) mass is 418 g/mol. The largest absolute Gasteiger partial charge is 0.484 e. The Morgan fingerprint density at radius 1 is 1.10 bits per heavy atom. The number of benzene rings is 2. The number of sulfonamides is 1. The van der Waals surface area contributed by atoms with Crippen LogP contribution in [0.1, 0.15) is 50.4 Å². The van der Waals surface area contributed by atoms with E-state index in [0.29, 0.717) is 11.4 Å². The van der Waals surface area contributed by atoms with Gasteiger partial charge < -0.3 is 10.1 Å². The summed E-state index contributed by atoms with van der Waals surface area (Å²) in [6.45, 7) is 10.0. The molecule has 0 bridgehead atoms. The van der Waals surface area contributed by atoms with Crippen molar-refractivity contribution in [3.63, 3.8) is 0 Å². The minimum atomic E-state index is -3.33. The zero-order valence-electron chi connectivity index (χ0n) is 17.9. The molecule has 0 aromatic heterocycles. The number of hydrogen-bond donors (Lipinski definition) is 2. The highest BCUT2D eigenvalue weighted by Crippen LogP contribution is 2.24. The summed E-state index contributed by atoms with van der Waals surface area (Å²) in [7, 11) is -3.33. The third-order valence-electron chi connectivity index (χ3n) is 4.51. The molecule has 1 amide bonds. The van der Waals surface area contributed by atoms with Crippen LogP contribution < -0.4 is 14.8 Å². The van der Waals surface area contributed by atoms with Crippen molar-refractivity contribution >= 4 is 21.6 Å². The van der Waals surface area contributed by atoms with Gasteiger partial charge in [0.25, 0.3) is 5.91 Å². The average molecular weight is 419 g/mol. The first-order valence-corrected chi connectivity index (χ1v) is 11.4. The first kappa shape index (κ1) is 22.7. The Morgan fingerprint density at radius 3 is 2.24 bits per heavy atom. The molecule has 2 aromatic carbocycles. The lowest BCUT2D eigenvalue weighted by molar-refractivity contribution is -0.123. The van der Waals surface area contributed by atoms with Crippen LogP contribution in [0.25, 0.3) is 0 Å². The quantitative estimate of drug-likeness (QED) is 0.714. The maximum Gasteiger partial charge on any atom is 0.258 e. The fraction of sp³-hybridized carbons (Fsp3) is 0.409. The number of anilines is 1. The molecular formula is C22H30N2O4S. The van der Waals surface area contributed by atoms with Gasteiger partial charge >= 0.3 is 0 Å². The second-order valence-electron chi connectivity index (χ2n) is 8.30. The van der Waals surface area contributed by atoms with Crippen LogP contribution in [0, 0.1) is 6.92 Å². The highest BCUT2D eigenvalue weighted by atomic mass is 32.2. The standard InChI is InChI=1S/C22H30N2O4S/c1-15-13-17(7-12-20(15)24-29(6,26)27)16(2)23-21(25)14-28-19-10-8-18(9-11-19)22(3,4)5/h7-13,16,24H,14H2,1-6H3,(H,23,25). The lowest BCUT2D eigenvalue weighted by Gasteiger charge is -2.19. The highest BCUT2D eigenvalue weighted by Gasteiger charge is 2.14. The molecule has 0 radical (unpaired) electrons. The van der Waals surface area contributed by atoms with Gasteiger partial charge in [-0.15, -0.1) is 0 Å². The molecule has 0 heterocycles. The Kier molecular flexibility index (Phi) is 6.95. The number of rotatable bonds is 7. The molecule has 0 saturated carbocycles. The van der Waals surface area contributed by atoms with Gasteiger partial charge in [0.15, 0.2) is 6.61 Å². The van der Waals surface area contributed by atoms with Crippen LogP contribution in [-0.2, 0) is 20.2 Å². The van der Waals surface area contributed by atoms with E-state index < -0.39 is 10.0 Å². The van der Waals surface area contributed by atoms with E-state index in [-0.39, 0.29) is 24.0 Å². The fourth-order valence-electron chi connectivity index (χ4n) is 2.84. The van der Waals surface area contributed by atoms with Gasteiger partial charge in [-0.25, -0.2) is 8.42 Å². The smallest absolute Gasteiger partial charge is 0.258 e. The van der Waals surface area contributed by atoms with Gasteiger partial charge in [0, 0.05) is 0 Å². The first-order valence-electron chi connectivity index (χ1n) is 9.46. The Morgan fingerprint density at radius 2 is 1.72 bits per heavy atom. The number of aryl methyl sites for hydroxylation is 1. The second-order valence-corrected chi connectivity index (χ2v) is 10.0. The first-order chi connectivity index (χ1) is 13.3. The number of carbonyl (C=O) groups excluding carboxylic acids is 1. The van der Waals surface area contributed by atoms with Crippen LogP contribution in [0.3, 0.4) is 0 Å². The molecule has 0 spiro atoms. The Balaban J connectivity index is 1.92. The predicted molar refractivity (Wildman–Crippen MR) is 117 cm³/mol. The Bertz CT molecular complexity index is 961. The molecule has 1 atom stereocenters. The van der Waals surface area contributed by atoms with Crippen LogP contribution in [0.5, 0.6) is 5.75 Å². The van der Waals surface area contributed by atoms with Crippen molar-refractivity contribution < 1.29 is 17.9 Å². The number of amides is 1.